The highest BCUT2D eigenvalue weighted by molar-refractivity contribution is 14.0. The van der Waals surface area contributed by atoms with Gasteiger partial charge in [0.15, 0.2) is 5.96 Å². The summed E-state index contributed by atoms with van der Waals surface area (Å²) in [6.45, 7) is 13.4. The molecule has 0 aromatic carbocycles. The molecule has 9 heteroatoms. The van der Waals surface area contributed by atoms with Gasteiger partial charge in [0.2, 0.25) is 0 Å². The number of hydrogen-bond donors (Lipinski definition) is 2. The number of hydrogen-bond acceptors (Lipinski definition) is 5. The first-order chi connectivity index (χ1) is 13.3. The molecule has 0 spiro atoms. The Labute approximate surface area is 192 Å². The summed E-state index contributed by atoms with van der Waals surface area (Å²) in [5.41, 5.74) is -0.442. The van der Waals surface area contributed by atoms with Crippen molar-refractivity contribution in [2.75, 3.05) is 45.8 Å². The summed E-state index contributed by atoms with van der Waals surface area (Å²) >= 11 is 0. The zero-order chi connectivity index (χ0) is 20.1. The Hall–Kier alpha value is -0.810. The largest absolute Gasteiger partial charge is 0.444 e. The third-order valence-corrected chi connectivity index (χ3v) is 5.48. The van der Waals surface area contributed by atoms with Crippen LogP contribution in [0.3, 0.4) is 0 Å². The van der Waals surface area contributed by atoms with E-state index in [-0.39, 0.29) is 30.1 Å². The molecule has 3 aliphatic rings. The molecule has 3 fully saturated rings. The van der Waals surface area contributed by atoms with Gasteiger partial charge in [0, 0.05) is 39.3 Å². The van der Waals surface area contributed by atoms with Crippen molar-refractivity contribution < 1.29 is 14.3 Å². The van der Waals surface area contributed by atoms with E-state index in [4.69, 9.17) is 14.5 Å². The maximum atomic E-state index is 12.2. The number of amides is 1. The predicted molar refractivity (Wildman–Crippen MR) is 125 cm³/mol. The summed E-state index contributed by atoms with van der Waals surface area (Å²) < 4.78 is 11.4. The van der Waals surface area contributed by atoms with Crippen molar-refractivity contribution in [1.82, 2.24) is 20.4 Å². The summed E-state index contributed by atoms with van der Waals surface area (Å²) in [7, 11) is 0. The van der Waals surface area contributed by atoms with Gasteiger partial charge in [-0.3, -0.25) is 9.89 Å². The molecular formula is C20H38IN5O3. The molecule has 168 valence electrons. The van der Waals surface area contributed by atoms with Crippen molar-refractivity contribution in [1.29, 1.82) is 0 Å². The highest BCUT2D eigenvalue weighted by Gasteiger charge is 2.41. The number of nitrogens with one attached hydrogen (secondary N) is 2. The summed E-state index contributed by atoms with van der Waals surface area (Å²) in [6, 6.07) is 0.383. The van der Waals surface area contributed by atoms with Crippen molar-refractivity contribution in [3.05, 3.63) is 0 Å². The van der Waals surface area contributed by atoms with E-state index in [1.165, 1.54) is 6.42 Å². The van der Waals surface area contributed by atoms with E-state index >= 15 is 0 Å². The van der Waals surface area contributed by atoms with Gasteiger partial charge in [0.25, 0.3) is 0 Å². The zero-order valence-corrected chi connectivity index (χ0v) is 20.6. The molecule has 2 bridgehead atoms. The Balaban J connectivity index is 0.00000300. The Bertz CT molecular complexity index is 561. The van der Waals surface area contributed by atoms with E-state index in [9.17, 15) is 4.79 Å². The van der Waals surface area contributed by atoms with Gasteiger partial charge in [-0.05, 0) is 47.0 Å². The second-order valence-corrected chi connectivity index (χ2v) is 8.93. The van der Waals surface area contributed by atoms with Crippen LogP contribution in [0, 0.1) is 0 Å². The van der Waals surface area contributed by atoms with Crippen molar-refractivity contribution in [3.63, 3.8) is 0 Å². The highest BCUT2D eigenvalue weighted by atomic mass is 127. The molecule has 3 saturated heterocycles. The fraction of sp³-hybridized carbons (Fsp3) is 0.900. The van der Waals surface area contributed by atoms with Gasteiger partial charge < -0.3 is 25.0 Å². The number of nitrogens with zero attached hydrogens (tertiary/aromatic N) is 3. The number of carbonyl (C=O) groups excluding carboxylic acids is 1. The number of piperazine rings is 1. The molecule has 3 unspecified atom stereocenters. The van der Waals surface area contributed by atoms with E-state index in [2.05, 4.69) is 22.5 Å². The molecule has 0 aromatic heterocycles. The van der Waals surface area contributed by atoms with Crippen LogP contribution in [0.25, 0.3) is 0 Å². The molecule has 0 aromatic rings. The number of rotatable bonds is 5. The third-order valence-electron chi connectivity index (χ3n) is 5.48. The van der Waals surface area contributed by atoms with Crippen LogP contribution in [0.2, 0.25) is 0 Å². The number of aliphatic imine (C=N–C) groups is 1. The summed E-state index contributed by atoms with van der Waals surface area (Å²) in [5, 5.41) is 6.90. The maximum Gasteiger partial charge on any atom is 0.410 e. The SMILES string of the molecule is CCNC(=NCCN1CCN(C(=O)OC(C)(C)C)CC1)NC1CC2CCC1O2.I. The zero-order valence-electron chi connectivity index (χ0n) is 18.3. The van der Waals surface area contributed by atoms with Crippen LogP contribution in [-0.4, -0.2) is 91.5 Å². The van der Waals surface area contributed by atoms with E-state index in [1.54, 1.807) is 4.90 Å². The Morgan fingerprint density at radius 2 is 1.93 bits per heavy atom. The summed E-state index contributed by atoms with van der Waals surface area (Å²) in [6.07, 6.45) is 4.01. The van der Waals surface area contributed by atoms with Crippen molar-refractivity contribution in [2.24, 2.45) is 4.99 Å². The van der Waals surface area contributed by atoms with E-state index in [1.807, 2.05) is 20.8 Å². The van der Waals surface area contributed by atoms with E-state index in [0.29, 0.717) is 31.3 Å². The quantitative estimate of drug-likeness (QED) is 0.326. The summed E-state index contributed by atoms with van der Waals surface area (Å²) in [4.78, 5) is 21.1. The number of ether oxygens (including phenoxy) is 2. The Morgan fingerprint density at radius 1 is 1.21 bits per heavy atom. The van der Waals surface area contributed by atoms with Gasteiger partial charge in [-0.15, -0.1) is 24.0 Å². The van der Waals surface area contributed by atoms with Gasteiger partial charge in [-0.2, -0.15) is 0 Å². The van der Waals surface area contributed by atoms with Crippen LogP contribution in [0.4, 0.5) is 4.79 Å². The fourth-order valence-corrected chi connectivity index (χ4v) is 4.07. The fourth-order valence-electron chi connectivity index (χ4n) is 4.07. The average molecular weight is 523 g/mol. The average Bonchev–Trinajstić information content (AvgIpc) is 3.24. The smallest absolute Gasteiger partial charge is 0.410 e. The minimum absolute atomic E-state index is 0. The molecule has 8 nitrogen and oxygen atoms in total. The van der Waals surface area contributed by atoms with Crippen LogP contribution < -0.4 is 10.6 Å². The second kappa shape index (κ2) is 11.0. The van der Waals surface area contributed by atoms with Gasteiger partial charge in [0.05, 0.1) is 24.8 Å². The first-order valence-corrected chi connectivity index (χ1v) is 10.7. The number of carbonyl (C=O) groups is 1. The highest BCUT2D eigenvalue weighted by Crippen LogP contribution is 2.34. The lowest BCUT2D eigenvalue weighted by Gasteiger charge is -2.35. The molecule has 2 N–H and O–H groups in total. The minimum Gasteiger partial charge on any atom is -0.444 e. The topological polar surface area (TPSA) is 78.4 Å². The normalized spacial score (nSPS) is 27.5. The predicted octanol–water partition coefficient (Wildman–Crippen LogP) is 2.03. The Kier molecular flexibility index (Phi) is 9.27. The Morgan fingerprint density at radius 3 is 2.48 bits per heavy atom. The lowest BCUT2D eigenvalue weighted by atomic mass is 9.96. The molecule has 0 saturated carbocycles. The van der Waals surface area contributed by atoms with Crippen LogP contribution in [0.5, 0.6) is 0 Å². The van der Waals surface area contributed by atoms with Gasteiger partial charge in [-0.1, -0.05) is 0 Å². The van der Waals surface area contributed by atoms with Crippen LogP contribution in [0.15, 0.2) is 4.99 Å². The molecule has 3 atom stereocenters. The van der Waals surface area contributed by atoms with Gasteiger partial charge in [0.1, 0.15) is 5.60 Å². The van der Waals surface area contributed by atoms with Crippen LogP contribution in [-0.2, 0) is 9.47 Å². The second-order valence-electron chi connectivity index (χ2n) is 8.93. The monoisotopic (exact) mass is 523 g/mol. The van der Waals surface area contributed by atoms with Crippen molar-refractivity contribution >= 4 is 36.0 Å². The molecule has 29 heavy (non-hydrogen) atoms. The molecule has 3 aliphatic heterocycles. The maximum absolute atomic E-state index is 12.2. The minimum atomic E-state index is -0.442. The van der Waals surface area contributed by atoms with Crippen LogP contribution in [0.1, 0.15) is 47.0 Å². The first-order valence-electron chi connectivity index (χ1n) is 10.7. The molecule has 0 aliphatic carbocycles. The van der Waals surface area contributed by atoms with Crippen LogP contribution >= 0.6 is 24.0 Å². The lowest BCUT2D eigenvalue weighted by Crippen LogP contribution is -2.50. The number of halogens is 1. The molecular weight excluding hydrogens is 485 g/mol. The van der Waals surface area contributed by atoms with Gasteiger partial charge >= 0.3 is 6.09 Å². The molecule has 1 amide bonds. The van der Waals surface area contributed by atoms with Crippen molar-refractivity contribution in [3.8, 4) is 0 Å². The number of guanidine groups is 1. The van der Waals surface area contributed by atoms with Crippen molar-refractivity contribution in [2.45, 2.75) is 70.8 Å². The summed E-state index contributed by atoms with van der Waals surface area (Å²) in [5.74, 6) is 0.885. The molecule has 0 radical (unpaired) electrons. The molecule has 3 heterocycles. The lowest BCUT2D eigenvalue weighted by molar-refractivity contribution is 0.0148. The third kappa shape index (κ3) is 7.43. The van der Waals surface area contributed by atoms with E-state index < -0.39 is 5.60 Å². The molecule has 3 rings (SSSR count). The standard InChI is InChI=1S/C20H37N5O3.HI/c1-5-21-18(23-16-14-15-6-7-17(16)27-15)22-8-9-24-10-12-25(13-11-24)19(26)28-20(2,3)4;/h15-17H,5-14H2,1-4H3,(H2,21,22,23);1H. The number of fused-ring (bicyclic) bond motifs is 2. The van der Waals surface area contributed by atoms with E-state index in [0.717, 1.165) is 51.5 Å². The van der Waals surface area contributed by atoms with Gasteiger partial charge in [-0.25, -0.2) is 4.79 Å². The first kappa shape index (κ1) is 24.5.